The topological polar surface area (TPSA) is 117 Å². The number of nitro benzene ring substituents is 1. The minimum atomic E-state index is -0.537. The van der Waals surface area contributed by atoms with Gasteiger partial charge in [-0.2, -0.15) is 0 Å². The first kappa shape index (κ1) is 18.0. The highest BCUT2D eigenvalue weighted by Gasteiger charge is 2.32. The first-order valence-corrected chi connectivity index (χ1v) is 7.94. The van der Waals surface area contributed by atoms with E-state index >= 15 is 0 Å². The van der Waals surface area contributed by atoms with E-state index in [4.69, 9.17) is 15.2 Å². The van der Waals surface area contributed by atoms with Gasteiger partial charge >= 0.3 is 5.97 Å². The molecule has 1 atom stereocenters. The number of carbonyl (C=O) groups excluding carboxylic acids is 1. The van der Waals surface area contributed by atoms with E-state index < -0.39 is 16.1 Å². The summed E-state index contributed by atoms with van der Waals surface area (Å²) < 4.78 is 10.0. The van der Waals surface area contributed by atoms with Crippen molar-refractivity contribution in [1.29, 1.82) is 0 Å². The second-order valence-electron chi connectivity index (χ2n) is 4.93. The third-order valence-corrected chi connectivity index (χ3v) is 4.37. The Morgan fingerprint density at radius 2 is 2.21 bits per heavy atom. The number of hydrogen-bond donors (Lipinski definition) is 1. The van der Waals surface area contributed by atoms with Gasteiger partial charge in [-0.25, -0.2) is 9.79 Å². The van der Waals surface area contributed by atoms with Crippen molar-refractivity contribution in [1.82, 2.24) is 0 Å². The predicted molar refractivity (Wildman–Crippen MR) is 90.6 cm³/mol. The molecule has 0 amide bonds. The molecule has 0 aliphatic carbocycles. The molecule has 128 valence electrons. The highest BCUT2D eigenvalue weighted by atomic mass is 32.2. The van der Waals surface area contributed by atoms with Crippen molar-refractivity contribution in [3.63, 3.8) is 0 Å². The van der Waals surface area contributed by atoms with Crippen LogP contribution in [0.15, 0.2) is 40.5 Å². The predicted octanol–water partition coefficient (Wildman–Crippen LogP) is 2.16. The van der Waals surface area contributed by atoms with E-state index in [1.807, 2.05) is 0 Å². The third kappa shape index (κ3) is 4.12. The largest absolute Gasteiger partial charge is 0.460 e. The lowest BCUT2D eigenvalue weighted by molar-refractivity contribution is -0.384. The smallest absolute Gasteiger partial charge is 0.337 e. The number of rotatable bonds is 6. The number of esters is 1. The molecule has 24 heavy (non-hydrogen) atoms. The van der Waals surface area contributed by atoms with Crippen molar-refractivity contribution in [3.05, 3.63) is 51.2 Å². The van der Waals surface area contributed by atoms with E-state index in [1.54, 1.807) is 19.1 Å². The molecular weight excluding hydrogens is 334 g/mol. The number of nitrogens with two attached hydrogens (primary N) is 1. The maximum absolute atomic E-state index is 12.4. The summed E-state index contributed by atoms with van der Waals surface area (Å²) in [6.45, 7) is 2.04. The van der Waals surface area contributed by atoms with Gasteiger partial charge in [-0.3, -0.25) is 10.1 Å². The van der Waals surface area contributed by atoms with Crippen molar-refractivity contribution >= 4 is 28.6 Å². The molecule has 1 aromatic carbocycles. The summed E-state index contributed by atoms with van der Waals surface area (Å²) in [6, 6.07) is 6.09. The molecular formula is C15H17N3O5S. The molecule has 1 aliphatic heterocycles. The summed E-state index contributed by atoms with van der Waals surface area (Å²) in [5.74, 6) is -0.537. The van der Waals surface area contributed by atoms with Crippen LogP contribution in [0.5, 0.6) is 0 Å². The minimum Gasteiger partial charge on any atom is -0.460 e. The van der Waals surface area contributed by atoms with Gasteiger partial charge in [-0.15, -0.1) is 0 Å². The molecule has 0 bridgehead atoms. The number of aliphatic imine (C=N–C) groups is 1. The van der Waals surface area contributed by atoms with Crippen LogP contribution in [0.1, 0.15) is 17.7 Å². The fraction of sp³-hybridized carbons (Fsp3) is 0.333. The van der Waals surface area contributed by atoms with Crippen molar-refractivity contribution in [2.75, 3.05) is 20.3 Å². The highest BCUT2D eigenvalue weighted by Crippen LogP contribution is 2.42. The van der Waals surface area contributed by atoms with Gasteiger partial charge in [0.1, 0.15) is 6.61 Å². The van der Waals surface area contributed by atoms with Gasteiger partial charge < -0.3 is 15.2 Å². The fourth-order valence-electron chi connectivity index (χ4n) is 2.21. The number of ether oxygens (including phenoxy) is 2. The van der Waals surface area contributed by atoms with Gasteiger partial charge in [0, 0.05) is 19.2 Å². The van der Waals surface area contributed by atoms with Crippen molar-refractivity contribution < 1.29 is 19.2 Å². The summed E-state index contributed by atoms with van der Waals surface area (Å²) >= 11 is 1.15. The molecule has 2 rings (SSSR count). The van der Waals surface area contributed by atoms with Crippen LogP contribution in [-0.2, 0) is 14.3 Å². The lowest BCUT2D eigenvalue weighted by atomic mass is 10.0. The number of benzene rings is 1. The zero-order valence-electron chi connectivity index (χ0n) is 13.2. The average molecular weight is 351 g/mol. The number of nitrogens with zero attached hydrogens (tertiary/aromatic N) is 2. The number of carbonyl (C=O) groups is 1. The Balaban J connectivity index is 2.36. The summed E-state index contributed by atoms with van der Waals surface area (Å²) in [7, 11) is 1.51. The van der Waals surface area contributed by atoms with Crippen LogP contribution >= 0.6 is 11.8 Å². The number of hydrogen-bond acceptors (Lipinski definition) is 8. The molecule has 8 nitrogen and oxygen atoms in total. The lowest BCUT2D eigenvalue weighted by Gasteiger charge is -2.23. The Labute approximate surface area is 142 Å². The SMILES string of the molecule is COCCOC(=O)C1=C(C)N=C(N)SC1c1cccc([N+](=O)[O-])c1. The van der Waals surface area contributed by atoms with Crippen LogP contribution in [-0.4, -0.2) is 36.4 Å². The minimum absolute atomic E-state index is 0.0565. The summed E-state index contributed by atoms with van der Waals surface area (Å²) in [4.78, 5) is 27.0. The maximum atomic E-state index is 12.4. The Kier molecular flexibility index (Phi) is 5.93. The molecule has 2 N–H and O–H groups in total. The zero-order chi connectivity index (χ0) is 17.7. The van der Waals surface area contributed by atoms with E-state index in [0.29, 0.717) is 16.8 Å². The van der Waals surface area contributed by atoms with Crippen LogP contribution in [0.25, 0.3) is 0 Å². The van der Waals surface area contributed by atoms with Crippen molar-refractivity contribution in [2.24, 2.45) is 10.7 Å². The molecule has 1 unspecified atom stereocenters. The monoisotopic (exact) mass is 351 g/mol. The number of allylic oxidation sites excluding steroid dienone is 1. The number of amidine groups is 1. The third-order valence-electron chi connectivity index (χ3n) is 3.29. The molecule has 0 saturated carbocycles. The molecule has 1 aromatic rings. The van der Waals surface area contributed by atoms with E-state index in [9.17, 15) is 14.9 Å². The molecule has 0 saturated heterocycles. The van der Waals surface area contributed by atoms with E-state index in [1.165, 1.54) is 19.2 Å². The highest BCUT2D eigenvalue weighted by molar-refractivity contribution is 8.14. The second-order valence-corrected chi connectivity index (χ2v) is 6.05. The Morgan fingerprint density at radius 3 is 2.88 bits per heavy atom. The molecule has 0 spiro atoms. The van der Waals surface area contributed by atoms with Gasteiger partial charge in [0.15, 0.2) is 5.17 Å². The van der Waals surface area contributed by atoms with Gasteiger partial charge in [0.2, 0.25) is 0 Å². The number of non-ortho nitro benzene ring substituents is 1. The van der Waals surface area contributed by atoms with Crippen LogP contribution in [0.4, 0.5) is 5.69 Å². The van der Waals surface area contributed by atoms with Gasteiger partial charge in [-0.1, -0.05) is 23.9 Å². The summed E-state index contributed by atoms with van der Waals surface area (Å²) in [6.07, 6.45) is 0. The van der Waals surface area contributed by atoms with E-state index in [-0.39, 0.29) is 24.1 Å². The van der Waals surface area contributed by atoms with Crippen molar-refractivity contribution in [3.8, 4) is 0 Å². The Morgan fingerprint density at radius 1 is 1.46 bits per heavy atom. The quantitative estimate of drug-likeness (QED) is 0.361. The van der Waals surface area contributed by atoms with Gasteiger partial charge in [0.25, 0.3) is 5.69 Å². The average Bonchev–Trinajstić information content (AvgIpc) is 2.54. The van der Waals surface area contributed by atoms with Crippen LogP contribution in [0.2, 0.25) is 0 Å². The molecule has 1 aliphatic rings. The Bertz CT molecular complexity index is 717. The zero-order valence-corrected chi connectivity index (χ0v) is 14.0. The number of nitro groups is 1. The normalized spacial score (nSPS) is 17.4. The van der Waals surface area contributed by atoms with Gasteiger partial charge in [0.05, 0.1) is 28.1 Å². The standard InChI is InChI=1S/C15H17N3O5S/c1-9-12(14(19)23-7-6-22-2)13(24-15(16)17-9)10-4-3-5-11(8-10)18(20)21/h3-5,8,13H,6-7H2,1-2H3,(H2,16,17). The molecule has 0 radical (unpaired) electrons. The van der Waals surface area contributed by atoms with E-state index in [2.05, 4.69) is 4.99 Å². The second kappa shape index (κ2) is 7.93. The Hall–Kier alpha value is -2.39. The first-order chi connectivity index (χ1) is 11.4. The van der Waals surface area contributed by atoms with Gasteiger partial charge in [-0.05, 0) is 12.5 Å². The van der Waals surface area contributed by atoms with Crippen molar-refractivity contribution in [2.45, 2.75) is 12.2 Å². The molecule has 0 fully saturated rings. The van der Waals surface area contributed by atoms with E-state index in [0.717, 1.165) is 11.8 Å². The number of thioether (sulfide) groups is 1. The van der Waals surface area contributed by atoms with Crippen LogP contribution < -0.4 is 5.73 Å². The maximum Gasteiger partial charge on any atom is 0.337 e. The molecule has 0 aromatic heterocycles. The molecule has 1 heterocycles. The number of methoxy groups -OCH3 is 1. The van der Waals surface area contributed by atoms with Crippen LogP contribution in [0, 0.1) is 10.1 Å². The molecule has 9 heteroatoms. The fourth-order valence-corrected chi connectivity index (χ4v) is 3.31. The van der Waals surface area contributed by atoms with Crippen LogP contribution in [0.3, 0.4) is 0 Å². The summed E-state index contributed by atoms with van der Waals surface area (Å²) in [5.41, 5.74) is 7.10. The lowest BCUT2D eigenvalue weighted by Crippen LogP contribution is -2.23. The summed E-state index contributed by atoms with van der Waals surface area (Å²) in [5, 5.41) is 10.8. The first-order valence-electron chi connectivity index (χ1n) is 7.06.